The second kappa shape index (κ2) is 7.69. The minimum atomic E-state index is -0.452. The fraction of sp³-hybridized carbons (Fsp3) is 0.136. The molecule has 156 valence electrons. The number of benzene rings is 1. The lowest BCUT2D eigenvalue weighted by Gasteiger charge is -2.11. The Labute approximate surface area is 176 Å². The van der Waals surface area contributed by atoms with Crippen LogP contribution in [0.5, 0.6) is 5.75 Å². The molecule has 0 aliphatic heterocycles. The second-order valence-electron chi connectivity index (χ2n) is 7.17. The maximum Gasteiger partial charge on any atom is 0.163 e. The van der Waals surface area contributed by atoms with Gasteiger partial charge in [-0.1, -0.05) is 12.1 Å². The van der Waals surface area contributed by atoms with Crippen molar-refractivity contribution in [1.82, 2.24) is 24.6 Å². The van der Waals surface area contributed by atoms with E-state index in [0.717, 1.165) is 17.1 Å². The highest BCUT2D eigenvalue weighted by molar-refractivity contribution is 5.88. The third-order valence-electron chi connectivity index (χ3n) is 5.20. The van der Waals surface area contributed by atoms with Gasteiger partial charge in [-0.25, -0.2) is 9.37 Å². The van der Waals surface area contributed by atoms with Crippen LogP contribution >= 0.6 is 0 Å². The number of anilines is 1. The first-order valence-corrected chi connectivity index (χ1v) is 9.75. The molecule has 0 saturated heterocycles. The Balaban J connectivity index is 1.47. The number of para-hydroxylation sites is 1. The van der Waals surface area contributed by atoms with Crippen LogP contribution in [0.4, 0.5) is 10.2 Å². The number of hydrogen-bond acceptors (Lipinski definition) is 6. The maximum atomic E-state index is 13.7. The number of fused-ring (bicyclic) bond motifs is 2. The molecule has 0 fully saturated rings. The summed E-state index contributed by atoms with van der Waals surface area (Å²) in [5.41, 5.74) is 3.89. The Kier molecular flexibility index (Phi) is 4.72. The number of aromatic amines is 1. The van der Waals surface area contributed by atoms with Crippen molar-refractivity contribution in [3.8, 4) is 17.0 Å². The van der Waals surface area contributed by atoms with Gasteiger partial charge >= 0.3 is 0 Å². The SMILES string of the molecule is OCc1cnn2c(NCCc3c[nH]c4c(O)cccc34)cc(-c3cncc(F)c3)nc12. The smallest absolute Gasteiger partial charge is 0.163 e. The zero-order chi connectivity index (χ0) is 21.4. The Morgan fingerprint density at radius 3 is 2.87 bits per heavy atom. The molecule has 0 atom stereocenters. The van der Waals surface area contributed by atoms with Gasteiger partial charge in [0.1, 0.15) is 17.4 Å². The summed E-state index contributed by atoms with van der Waals surface area (Å²) < 4.78 is 15.3. The number of aliphatic hydroxyl groups excluding tert-OH is 1. The van der Waals surface area contributed by atoms with E-state index in [1.807, 2.05) is 18.3 Å². The predicted octanol–water partition coefficient (Wildman–Crippen LogP) is 3.26. The zero-order valence-corrected chi connectivity index (χ0v) is 16.4. The Morgan fingerprint density at radius 2 is 2.03 bits per heavy atom. The standard InChI is InChI=1S/C22H19FN6O2/c23-16-6-14(8-24-11-16)18-7-20(29-22(28-18)15(12-30)10-27-29)25-5-4-13-9-26-21-17(13)2-1-3-19(21)31/h1-3,6-11,25-26,30-31H,4-5,12H2. The molecule has 0 spiro atoms. The number of phenols is 1. The van der Waals surface area contributed by atoms with Crippen LogP contribution in [-0.2, 0) is 13.0 Å². The Bertz CT molecular complexity index is 1390. The summed E-state index contributed by atoms with van der Waals surface area (Å²) in [5.74, 6) is 0.424. The van der Waals surface area contributed by atoms with E-state index in [1.165, 1.54) is 6.07 Å². The molecule has 5 rings (SSSR count). The molecule has 0 unspecified atom stereocenters. The van der Waals surface area contributed by atoms with E-state index >= 15 is 0 Å². The summed E-state index contributed by atoms with van der Waals surface area (Å²) in [6.07, 6.45) is 6.81. The van der Waals surface area contributed by atoms with Crippen LogP contribution in [0.1, 0.15) is 11.1 Å². The molecule has 0 aliphatic rings. The van der Waals surface area contributed by atoms with Gasteiger partial charge in [0.05, 0.1) is 30.2 Å². The van der Waals surface area contributed by atoms with Crippen molar-refractivity contribution < 1.29 is 14.6 Å². The summed E-state index contributed by atoms with van der Waals surface area (Å²) in [5, 5.41) is 28.3. The predicted molar refractivity (Wildman–Crippen MR) is 114 cm³/mol. The minimum Gasteiger partial charge on any atom is -0.506 e. The molecule has 0 radical (unpaired) electrons. The number of halogens is 1. The van der Waals surface area contributed by atoms with Gasteiger partial charge in [0.15, 0.2) is 5.65 Å². The first-order chi connectivity index (χ1) is 15.1. The van der Waals surface area contributed by atoms with Crippen molar-refractivity contribution in [2.75, 3.05) is 11.9 Å². The quantitative estimate of drug-likeness (QED) is 0.337. The van der Waals surface area contributed by atoms with Crippen molar-refractivity contribution in [2.24, 2.45) is 0 Å². The van der Waals surface area contributed by atoms with Crippen molar-refractivity contribution in [2.45, 2.75) is 13.0 Å². The molecule has 0 aliphatic carbocycles. The van der Waals surface area contributed by atoms with E-state index in [0.29, 0.717) is 46.8 Å². The summed E-state index contributed by atoms with van der Waals surface area (Å²) in [6.45, 7) is 0.372. The molecule has 0 saturated carbocycles. The first-order valence-electron chi connectivity index (χ1n) is 9.75. The molecule has 1 aromatic carbocycles. The van der Waals surface area contributed by atoms with Gasteiger partial charge in [-0.05, 0) is 24.1 Å². The fourth-order valence-electron chi connectivity index (χ4n) is 3.67. The molecular formula is C22H19FN6O2. The number of hydrogen-bond donors (Lipinski definition) is 4. The van der Waals surface area contributed by atoms with Crippen molar-refractivity contribution in [1.29, 1.82) is 0 Å². The zero-order valence-electron chi connectivity index (χ0n) is 16.4. The normalized spacial score (nSPS) is 11.4. The van der Waals surface area contributed by atoms with Gasteiger partial charge in [0.2, 0.25) is 0 Å². The Morgan fingerprint density at radius 1 is 1.13 bits per heavy atom. The minimum absolute atomic E-state index is 0.209. The lowest BCUT2D eigenvalue weighted by atomic mass is 10.1. The van der Waals surface area contributed by atoms with Gasteiger partial charge in [-0.2, -0.15) is 9.61 Å². The van der Waals surface area contributed by atoms with Crippen LogP contribution < -0.4 is 5.32 Å². The van der Waals surface area contributed by atoms with E-state index in [1.54, 1.807) is 29.0 Å². The highest BCUT2D eigenvalue weighted by Gasteiger charge is 2.13. The van der Waals surface area contributed by atoms with E-state index in [9.17, 15) is 14.6 Å². The van der Waals surface area contributed by atoms with E-state index in [4.69, 9.17) is 0 Å². The molecule has 0 amide bonds. The van der Waals surface area contributed by atoms with Gasteiger partial charge < -0.3 is 20.5 Å². The number of aromatic nitrogens is 5. The lowest BCUT2D eigenvalue weighted by molar-refractivity contribution is 0.283. The first kappa shape index (κ1) is 19.0. The third kappa shape index (κ3) is 3.44. The largest absolute Gasteiger partial charge is 0.506 e. The lowest BCUT2D eigenvalue weighted by Crippen LogP contribution is -2.10. The molecule has 31 heavy (non-hydrogen) atoms. The van der Waals surface area contributed by atoms with Gasteiger partial charge in [0.25, 0.3) is 0 Å². The van der Waals surface area contributed by atoms with Crippen molar-refractivity contribution in [3.05, 3.63) is 72.1 Å². The molecule has 4 aromatic heterocycles. The van der Waals surface area contributed by atoms with Crippen LogP contribution in [0.15, 0.2) is 55.1 Å². The summed E-state index contributed by atoms with van der Waals surface area (Å²) in [4.78, 5) is 11.6. The van der Waals surface area contributed by atoms with Crippen molar-refractivity contribution >= 4 is 22.4 Å². The fourth-order valence-corrected chi connectivity index (χ4v) is 3.67. The molecule has 5 aromatic rings. The highest BCUT2D eigenvalue weighted by atomic mass is 19.1. The van der Waals surface area contributed by atoms with Crippen LogP contribution in [0, 0.1) is 5.82 Å². The van der Waals surface area contributed by atoms with E-state index < -0.39 is 5.82 Å². The van der Waals surface area contributed by atoms with Gasteiger partial charge in [-0.3, -0.25) is 4.98 Å². The summed E-state index contributed by atoms with van der Waals surface area (Å²) >= 11 is 0. The average Bonchev–Trinajstić information content (AvgIpc) is 3.38. The van der Waals surface area contributed by atoms with Crippen LogP contribution in [0.2, 0.25) is 0 Å². The maximum absolute atomic E-state index is 13.7. The summed E-state index contributed by atoms with van der Waals surface area (Å²) in [6, 6.07) is 8.56. The van der Waals surface area contributed by atoms with E-state index in [2.05, 4.69) is 25.4 Å². The number of nitrogens with zero attached hydrogens (tertiary/aromatic N) is 4. The molecule has 9 heteroatoms. The molecule has 0 bridgehead atoms. The third-order valence-corrected chi connectivity index (χ3v) is 5.20. The van der Waals surface area contributed by atoms with Crippen molar-refractivity contribution in [3.63, 3.8) is 0 Å². The van der Waals surface area contributed by atoms with E-state index in [-0.39, 0.29) is 12.4 Å². The number of aromatic hydroxyl groups is 1. The molecule has 4 N–H and O–H groups in total. The number of nitrogens with one attached hydrogen (secondary N) is 2. The van der Waals surface area contributed by atoms with Gasteiger partial charge in [0, 0.05) is 41.5 Å². The van der Waals surface area contributed by atoms with Gasteiger partial charge in [-0.15, -0.1) is 0 Å². The number of pyridine rings is 1. The Hall–Kier alpha value is -3.98. The van der Waals surface area contributed by atoms with Crippen LogP contribution in [0.25, 0.3) is 27.8 Å². The van der Waals surface area contributed by atoms with Crippen LogP contribution in [0.3, 0.4) is 0 Å². The monoisotopic (exact) mass is 418 g/mol. The van der Waals surface area contributed by atoms with Crippen LogP contribution in [-0.4, -0.2) is 41.3 Å². The topological polar surface area (TPSA) is 111 Å². The number of H-pyrrole nitrogens is 1. The molecular weight excluding hydrogens is 399 g/mol. The summed E-state index contributed by atoms with van der Waals surface area (Å²) in [7, 11) is 0. The molecule has 4 heterocycles. The number of phenolic OH excluding ortho intramolecular Hbond substituents is 1. The number of rotatable bonds is 6. The molecule has 8 nitrogen and oxygen atoms in total. The number of aliphatic hydroxyl groups is 1. The second-order valence-corrected chi connectivity index (χ2v) is 7.17. The highest BCUT2D eigenvalue weighted by Crippen LogP contribution is 2.27. The average molecular weight is 418 g/mol.